The van der Waals surface area contributed by atoms with Crippen molar-refractivity contribution in [3.63, 3.8) is 0 Å². The summed E-state index contributed by atoms with van der Waals surface area (Å²) in [6, 6.07) is 0.575. The number of esters is 1. The molecule has 0 aliphatic heterocycles. The van der Waals surface area contributed by atoms with Gasteiger partial charge in [-0.1, -0.05) is 0 Å². The molecule has 1 heterocycles. The highest BCUT2D eigenvalue weighted by Gasteiger charge is 2.36. The van der Waals surface area contributed by atoms with E-state index in [0.717, 1.165) is 6.92 Å². The van der Waals surface area contributed by atoms with Crippen molar-refractivity contribution in [2.45, 2.75) is 20.2 Å². The molecule has 0 saturated carbocycles. The molecule has 0 bridgehead atoms. The first kappa shape index (κ1) is 15.7. The number of nitrogens with zero attached hydrogens (tertiary/aromatic N) is 2. The predicted molar refractivity (Wildman–Crippen MR) is 58.3 cm³/mol. The van der Waals surface area contributed by atoms with E-state index in [0.29, 0.717) is 6.07 Å². The summed E-state index contributed by atoms with van der Waals surface area (Å²) in [6.07, 6.45) is -5.07. The lowest BCUT2D eigenvalue weighted by Crippen LogP contribution is -2.21. The summed E-state index contributed by atoms with van der Waals surface area (Å²) in [5, 5.41) is 10.6. The quantitative estimate of drug-likeness (QED) is 0.481. The molecule has 0 fully saturated rings. The maximum absolute atomic E-state index is 12.3. The molecule has 0 spiro atoms. The van der Waals surface area contributed by atoms with Crippen molar-refractivity contribution in [1.82, 2.24) is 4.98 Å². The fourth-order valence-electron chi connectivity index (χ4n) is 1.34. The van der Waals surface area contributed by atoms with Crippen molar-refractivity contribution >= 4 is 11.8 Å². The molecule has 110 valence electrons. The molecule has 1 aromatic heterocycles. The van der Waals surface area contributed by atoms with Crippen molar-refractivity contribution in [3.8, 4) is 5.75 Å². The second-order valence-electron chi connectivity index (χ2n) is 3.47. The molecule has 20 heavy (non-hydrogen) atoms. The molecule has 0 aromatic carbocycles. The summed E-state index contributed by atoms with van der Waals surface area (Å²) >= 11 is 0. The summed E-state index contributed by atoms with van der Waals surface area (Å²) in [6.45, 7) is 2.38. The maximum Gasteiger partial charge on any atom is 0.573 e. The summed E-state index contributed by atoms with van der Waals surface area (Å²) in [5.74, 6) is -2.86. The van der Waals surface area contributed by atoms with Crippen LogP contribution in [0.1, 0.15) is 23.0 Å². The molecule has 10 heteroatoms. The van der Waals surface area contributed by atoms with Gasteiger partial charge in [-0.05, 0) is 16.8 Å². The third-order valence-electron chi connectivity index (χ3n) is 2.03. The van der Waals surface area contributed by atoms with Gasteiger partial charge in [-0.2, -0.15) is 0 Å². The minimum Gasteiger partial charge on any atom is -0.462 e. The van der Waals surface area contributed by atoms with Gasteiger partial charge in [-0.3, -0.25) is 0 Å². The van der Waals surface area contributed by atoms with E-state index in [-0.39, 0.29) is 6.61 Å². The molecule has 0 saturated heterocycles. The first-order chi connectivity index (χ1) is 9.15. The van der Waals surface area contributed by atoms with Crippen LogP contribution in [0, 0.1) is 17.0 Å². The van der Waals surface area contributed by atoms with Crippen molar-refractivity contribution in [1.29, 1.82) is 0 Å². The molecule has 0 unspecified atom stereocenters. The molecular weight excluding hydrogens is 285 g/mol. The zero-order valence-electron chi connectivity index (χ0n) is 10.4. The third-order valence-corrected chi connectivity index (χ3v) is 2.03. The fourth-order valence-corrected chi connectivity index (χ4v) is 1.34. The molecule has 0 N–H and O–H groups in total. The number of hydrogen-bond acceptors (Lipinski definition) is 6. The Kier molecular flexibility index (Phi) is 4.48. The number of pyridine rings is 1. The first-order valence-corrected chi connectivity index (χ1v) is 5.24. The third kappa shape index (κ3) is 3.80. The van der Waals surface area contributed by atoms with E-state index in [2.05, 4.69) is 14.5 Å². The number of aromatic nitrogens is 1. The first-order valence-electron chi connectivity index (χ1n) is 5.24. The van der Waals surface area contributed by atoms with Crippen LogP contribution >= 0.6 is 0 Å². The number of carbonyl (C=O) groups excluding carboxylic acids is 1. The van der Waals surface area contributed by atoms with Crippen LogP contribution in [0.15, 0.2) is 6.07 Å². The molecule has 1 rings (SSSR count). The SMILES string of the molecule is CCOC(=O)c1cc([N+](=O)[O-])nc(C)c1OC(F)(F)F. The van der Waals surface area contributed by atoms with Crippen molar-refractivity contribution in [2.24, 2.45) is 0 Å². The Bertz CT molecular complexity index is 544. The minimum absolute atomic E-state index is 0.112. The average Bonchev–Trinajstić information content (AvgIpc) is 2.29. The van der Waals surface area contributed by atoms with Crippen LogP contribution in [0.3, 0.4) is 0 Å². The number of alkyl halides is 3. The molecule has 7 nitrogen and oxygen atoms in total. The van der Waals surface area contributed by atoms with Crippen LogP contribution in [0.4, 0.5) is 19.0 Å². The van der Waals surface area contributed by atoms with Gasteiger partial charge in [0, 0.05) is 6.92 Å². The number of carbonyl (C=O) groups is 1. The van der Waals surface area contributed by atoms with Gasteiger partial charge in [0.25, 0.3) is 0 Å². The van der Waals surface area contributed by atoms with Crippen molar-refractivity contribution < 1.29 is 32.4 Å². The van der Waals surface area contributed by atoms with Gasteiger partial charge in [0.05, 0.1) is 12.7 Å². The van der Waals surface area contributed by atoms with Gasteiger partial charge in [0.1, 0.15) is 5.56 Å². The second-order valence-corrected chi connectivity index (χ2v) is 3.47. The van der Waals surface area contributed by atoms with E-state index in [4.69, 9.17) is 0 Å². The molecular formula is C10H9F3N2O5. The monoisotopic (exact) mass is 294 g/mol. The van der Waals surface area contributed by atoms with E-state index in [9.17, 15) is 28.1 Å². The van der Waals surface area contributed by atoms with Crippen LogP contribution in [0.2, 0.25) is 0 Å². The highest BCUT2D eigenvalue weighted by Crippen LogP contribution is 2.31. The molecule has 0 amide bonds. The molecule has 0 atom stereocenters. The lowest BCUT2D eigenvalue weighted by atomic mass is 10.2. The van der Waals surface area contributed by atoms with Gasteiger partial charge >= 0.3 is 18.1 Å². The number of hydrogen-bond donors (Lipinski definition) is 0. The Morgan fingerprint density at radius 1 is 1.50 bits per heavy atom. The highest BCUT2D eigenvalue weighted by atomic mass is 19.4. The van der Waals surface area contributed by atoms with Crippen LogP contribution < -0.4 is 4.74 Å². The van der Waals surface area contributed by atoms with E-state index < -0.39 is 40.1 Å². The molecule has 0 aliphatic carbocycles. The van der Waals surface area contributed by atoms with Gasteiger partial charge in [0.2, 0.25) is 0 Å². The summed E-state index contributed by atoms with van der Waals surface area (Å²) < 4.78 is 45.0. The highest BCUT2D eigenvalue weighted by molar-refractivity contribution is 5.93. The van der Waals surface area contributed by atoms with Crippen LogP contribution in [0.25, 0.3) is 0 Å². The minimum atomic E-state index is -5.07. The second kappa shape index (κ2) is 5.72. The van der Waals surface area contributed by atoms with Gasteiger partial charge in [-0.25, -0.2) is 4.79 Å². The number of aryl methyl sites for hydroxylation is 1. The Hall–Kier alpha value is -2.39. The summed E-state index contributed by atoms with van der Waals surface area (Å²) in [7, 11) is 0. The molecule has 0 aliphatic rings. The van der Waals surface area contributed by atoms with Gasteiger partial charge < -0.3 is 19.6 Å². The number of nitro groups is 1. The number of rotatable bonds is 4. The van der Waals surface area contributed by atoms with Crippen LogP contribution in [-0.4, -0.2) is 28.8 Å². The summed E-state index contributed by atoms with van der Waals surface area (Å²) in [5.41, 5.74) is -1.15. The lowest BCUT2D eigenvalue weighted by Gasteiger charge is -2.12. The van der Waals surface area contributed by atoms with Gasteiger partial charge in [0.15, 0.2) is 11.4 Å². The largest absolute Gasteiger partial charge is 0.573 e. The number of halogens is 3. The normalized spacial score (nSPS) is 11.1. The van der Waals surface area contributed by atoms with E-state index in [1.807, 2.05) is 0 Å². The van der Waals surface area contributed by atoms with Crippen LogP contribution in [0.5, 0.6) is 5.75 Å². The van der Waals surface area contributed by atoms with Crippen molar-refractivity contribution in [3.05, 3.63) is 27.4 Å². The Morgan fingerprint density at radius 3 is 2.55 bits per heavy atom. The topological polar surface area (TPSA) is 91.6 Å². The standard InChI is InChI=1S/C10H9F3N2O5/c1-3-19-9(16)6-4-7(15(17)18)14-5(2)8(6)20-10(11,12)13/h4H,3H2,1-2H3. The zero-order valence-corrected chi connectivity index (χ0v) is 10.4. The smallest absolute Gasteiger partial charge is 0.462 e. The average molecular weight is 294 g/mol. The fraction of sp³-hybridized carbons (Fsp3) is 0.400. The maximum atomic E-state index is 12.3. The van der Waals surface area contributed by atoms with E-state index in [1.54, 1.807) is 0 Å². The predicted octanol–water partition coefficient (Wildman–Crippen LogP) is 2.37. The van der Waals surface area contributed by atoms with Gasteiger partial charge in [-0.15, -0.1) is 13.2 Å². The Labute approximate surface area is 110 Å². The number of ether oxygens (including phenoxy) is 2. The van der Waals surface area contributed by atoms with Crippen LogP contribution in [-0.2, 0) is 4.74 Å². The molecule has 0 radical (unpaired) electrons. The Balaban J connectivity index is 3.40. The zero-order chi connectivity index (χ0) is 15.5. The lowest BCUT2D eigenvalue weighted by molar-refractivity contribution is -0.389. The molecule has 1 aromatic rings. The van der Waals surface area contributed by atoms with E-state index >= 15 is 0 Å². The van der Waals surface area contributed by atoms with E-state index in [1.165, 1.54) is 6.92 Å². The Morgan fingerprint density at radius 2 is 2.10 bits per heavy atom. The summed E-state index contributed by atoms with van der Waals surface area (Å²) in [4.78, 5) is 24.6. The van der Waals surface area contributed by atoms with Crippen molar-refractivity contribution in [2.75, 3.05) is 6.61 Å².